The average molecular weight is 231 g/mol. The molecule has 6 heteroatoms. The molecule has 2 rings (SSSR count). The summed E-state index contributed by atoms with van der Waals surface area (Å²) in [7, 11) is 0. The van der Waals surface area contributed by atoms with Gasteiger partial charge in [-0.25, -0.2) is 4.98 Å². The first-order valence-corrected chi connectivity index (χ1v) is 4.71. The van der Waals surface area contributed by atoms with E-state index in [0.29, 0.717) is 0 Å². The first-order valence-electron chi connectivity index (χ1n) is 4.71. The number of aromatic nitrogens is 1. The summed E-state index contributed by atoms with van der Waals surface area (Å²) in [5, 5.41) is 21.9. The number of ether oxygens (including phenoxy) is 1. The summed E-state index contributed by atoms with van der Waals surface area (Å²) >= 11 is 0. The number of nitrogens with zero attached hydrogens (tertiary/aromatic N) is 2. The molecule has 0 aliphatic heterocycles. The van der Waals surface area contributed by atoms with Crippen molar-refractivity contribution in [3.8, 4) is 17.4 Å². The third-order valence-electron chi connectivity index (χ3n) is 1.98. The lowest BCUT2D eigenvalue weighted by Gasteiger charge is -2.04. The van der Waals surface area contributed by atoms with Gasteiger partial charge in [-0.3, -0.25) is 15.2 Å². The Labute approximate surface area is 96.3 Å². The summed E-state index contributed by atoms with van der Waals surface area (Å²) in [6.07, 6.45) is 1.41. The highest BCUT2D eigenvalue weighted by Crippen LogP contribution is 2.29. The van der Waals surface area contributed by atoms with Crippen LogP contribution in [0.5, 0.6) is 17.4 Å². The molecule has 0 N–H and O–H groups in total. The molecule has 2 aromatic rings. The molecule has 0 saturated heterocycles. The van der Waals surface area contributed by atoms with Crippen LogP contribution in [0.25, 0.3) is 0 Å². The highest BCUT2D eigenvalue weighted by Gasteiger charge is 2.10. The molecule has 0 aliphatic rings. The van der Waals surface area contributed by atoms with E-state index in [4.69, 9.17) is 4.74 Å². The van der Waals surface area contributed by atoms with Crippen LogP contribution in [-0.2, 0) is 5.11 Å². The SMILES string of the molecule is [O]c1cccnc1Oc1cccc([N+](=O)[O-])c1. The van der Waals surface area contributed by atoms with E-state index in [-0.39, 0.29) is 23.1 Å². The van der Waals surface area contributed by atoms with Crippen molar-refractivity contribution >= 4 is 5.69 Å². The van der Waals surface area contributed by atoms with Gasteiger partial charge >= 0.3 is 0 Å². The Balaban J connectivity index is 2.28. The highest BCUT2D eigenvalue weighted by atomic mass is 16.6. The molecule has 1 aromatic carbocycles. The van der Waals surface area contributed by atoms with Crippen LogP contribution in [0.15, 0.2) is 42.6 Å². The van der Waals surface area contributed by atoms with Crippen LogP contribution in [0.1, 0.15) is 0 Å². The molecule has 17 heavy (non-hydrogen) atoms. The summed E-state index contributed by atoms with van der Waals surface area (Å²) < 4.78 is 5.17. The third kappa shape index (κ3) is 2.49. The Hall–Kier alpha value is -2.63. The number of pyridine rings is 1. The van der Waals surface area contributed by atoms with Crippen LogP contribution in [0.3, 0.4) is 0 Å². The van der Waals surface area contributed by atoms with Crippen molar-refractivity contribution in [2.75, 3.05) is 0 Å². The summed E-state index contributed by atoms with van der Waals surface area (Å²) in [4.78, 5) is 13.8. The topological polar surface area (TPSA) is 85.2 Å². The maximum atomic E-state index is 11.3. The van der Waals surface area contributed by atoms with Gasteiger partial charge in [0, 0.05) is 12.3 Å². The predicted molar refractivity (Wildman–Crippen MR) is 57.5 cm³/mol. The molecule has 0 atom stereocenters. The van der Waals surface area contributed by atoms with Crippen LogP contribution in [0.4, 0.5) is 5.69 Å². The van der Waals surface area contributed by atoms with Crippen molar-refractivity contribution in [1.29, 1.82) is 0 Å². The summed E-state index contributed by atoms with van der Waals surface area (Å²) in [5.74, 6) is -0.276. The molecule has 0 unspecified atom stereocenters. The molecule has 85 valence electrons. The van der Waals surface area contributed by atoms with E-state index in [1.54, 1.807) is 0 Å². The number of hydrogen-bond donors (Lipinski definition) is 0. The molecule has 1 heterocycles. The van der Waals surface area contributed by atoms with Crippen molar-refractivity contribution in [3.63, 3.8) is 0 Å². The molecule has 1 aromatic heterocycles. The van der Waals surface area contributed by atoms with Gasteiger partial charge in [0.05, 0.1) is 11.0 Å². The summed E-state index contributed by atoms with van der Waals surface area (Å²) in [5.41, 5.74) is -0.106. The number of benzene rings is 1. The van der Waals surface area contributed by atoms with Gasteiger partial charge < -0.3 is 4.74 Å². The molecule has 0 amide bonds. The molecule has 0 aliphatic carbocycles. The molecule has 6 nitrogen and oxygen atoms in total. The molecular formula is C11H7N2O4. The number of nitro benzene ring substituents is 1. The molecule has 1 radical (unpaired) electrons. The molecule has 0 bridgehead atoms. The second kappa shape index (κ2) is 4.48. The lowest BCUT2D eigenvalue weighted by molar-refractivity contribution is -0.384. The first-order chi connectivity index (χ1) is 8.16. The van der Waals surface area contributed by atoms with Crippen molar-refractivity contribution in [1.82, 2.24) is 4.98 Å². The van der Waals surface area contributed by atoms with Gasteiger partial charge in [0.1, 0.15) is 5.75 Å². The zero-order chi connectivity index (χ0) is 12.3. The fraction of sp³-hybridized carbons (Fsp3) is 0. The number of non-ortho nitro benzene ring substituents is 1. The Morgan fingerprint density at radius 3 is 2.76 bits per heavy atom. The normalized spacial score (nSPS) is 9.88. The summed E-state index contributed by atoms with van der Waals surface area (Å²) in [6, 6.07) is 8.35. The first kappa shape index (κ1) is 10.9. The van der Waals surface area contributed by atoms with Crippen molar-refractivity contribution in [2.24, 2.45) is 0 Å². The fourth-order valence-electron chi connectivity index (χ4n) is 1.22. The van der Waals surface area contributed by atoms with E-state index in [1.807, 2.05) is 0 Å². The number of rotatable bonds is 3. The van der Waals surface area contributed by atoms with Crippen LogP contribution in [0, 0.1) is 10.1 Å². The van der Waals surface area contributed by atoms with Gasteiger partial charge in [0.25, 0.3) is 11.6 Å². The van der Waals surface area contributed by atoms with Gasteiger partial charge in [-0.05, 0) is 18.2 Å². The highest BCUT2D eigenvalue weighted by molar-refractivity contribution is 5.41. The maximum Gasteiger partial charge on any atom is 0.273 e. The standard InChI is InChI=1S/C11H7N2O4/c14-10-5-2-6-12-11(10)17-9-4-1-3-8(7-9)13(15)16/h1-7H. The van der Waals surface area contributed by atoms with Gasteiger partial charge in [-0.1, -0.05) is 6.07 Å². The van der Waals surface area contributed by atoms with Gasteiger partial charge in [0.15, 0.2) is 0 Å². The van der Waals surface area contributed by atoms with Gasteiger partial charge in [0.2, 0.25) is 5.75 Å². The minimum absolute atomic E-state index is 0.104. The minimum Gasteiger partial charge on any atom is -0.436 e. The van der Waals surface area contributed by atoms with E-state index < -0.39 is 4.92 Å². The van der Waals surface area contributed by atoms with Crippen molar-refractivity contribution in [3.05, 3.63) is 52.7 Å². The van der Waals surface area contributed by atoms with Crippen molar-refractivity contribution in [2.45, 2.75) is 0 Å². The lowest BCUT2D eigenvalue weighted by atomic mass is 10.3. The largest absolute Gasteiger partial charge is 0.436 e. The van der Waals surface area contributed by atoms with Crippen molar-refractivity contribution < 1.29 is 14.8 Å². The van der Waals surface area contributed by atoms with E-state index in [1.165, 1.54) is 42.6 Å². The van der Waals surface area contributed by atoms with Gasteiger partial charge in [-0.2, -0.15) is 0 Å². The molecule has 0 spiro atoms. The Bertz CT molecular complexity index is 557. The monoisotopic (exact) mass is 231 g/mol. The molecule has 0 saturated carbocycles. The van der Waals surface area contributed by atoms with E-state index in [2.05, 4.69) is 4.98 Å². The third-order valence-corrected chi connectivity index (χ3v) is 1.98. The quantitative estimate of drug-likeness (QED) is 0.600. The van der Waals surface area contributed by atoms with Crippen LogP contribution < -0.4 is 4.74 Å². The maximum absolute atomic E-state index is 11.3. The lowest BCUT2D eigenvalue weighted by Crippen LogP contribution is -1.90. The zero-order valence-electron chi connectivity index (χ0n) is 8.57. The molecular weight excluding hydrogens is 224 g/mol. The second-order valence-corrected chi connectivity index (χ2v) is 3.16. The smallest absolute Gasteiger partial charge is 0.273 e. The Morgan fingerprint density at radius 2 is 2.06 bits per heavy atom. The number of hydrogen-bond acceptors (Lipinski definition) is 4. The predicted octanol–water partition coefficient (Wildman–Crippen LogP) is 2.93. The Kier molecular flexibility index (Phi) is 2.87. The van der Waals surface area contributed by atoms with E-state index >= 15 is 0 Å². The van der Waals surface area contributed by atoms with Crippen LogP contribution >= 0.6 is 0 Å². The fourth-order valence-corrected chi connectivity index (χ4v) is 1.22. The zero-order valence-corrected chi connectivity index (χ0v) is 8.57. The average Bonchev–Trinajstić information content (AvgIpc) is 2.32. The number of nitro groups is 1. The van der Waals surface area contributed by atoms with Crippen LogP contribution in [-0.4, -0.2) is 9.91 Å². The van der Waals surface area contributed by atoms with Crippen LogP contribution in [0.2, 0.25) is 0 Å². The minimum atomic E-state index is -0.538. The molecule has 0 fully saturated rings. The summed E-state index contributed by atoms with van der Waals surface area (Å²) in [6.45, 7) is 0. The van der Waals surface area contributed by atoms with Gasteiger partial charge in [-0.15, -0.1) is 0 Å². The Morgan fingerprint density at radius 1 is 1.24 bits per heavy atom. The second-order valence-electron chi connectivity index (χ2n) is 3.16. The van der Waals surface area contributed by atoms with E-state index in [9.17, 15) is 15.2 Å². The van der Waals surface area contributed by atoms with E-state index in [0.717, 1.165) is 0 Å².